The number of alkyl halides is 2. The van der Waals surface area contributed by atoms with Crippen molar-refractivity contribution < 1.29 is 18.7 Å². The van der Waals surface area contributed by atoms with Gasteiger partial charge in [0.2, 0.25) is 0 Å². The molecule has 7 heteroatoms. The molecule has 5 nitrogen and oxygen atoms in total. The number of halogens is 2. The average Bonchev–Trinajstić information content (AvgIpc) is 3.17. The van der Waals surface area contributed by atoms with Crippen LogP contribution >= 0.6 is 0 Å². The van der Waals surface area contributed by atoms with Crippen molar-refractivity contribution in [3.63, 3.8) is 0 Å². The average molecular weight is 470 g/mol. The molecule has 0 bridgehead atoms. The van der Waals surface area contributed by atoms with Gasteiger partial charge in [-0.1, -0.05) is 6.92 Å². The normalized spacial score (nSPS) is 44.7. The zero-order valence-electron chi connectivity index (χ0n) is 19.9. The number of Topliss-reactive ketones (excluding diaryl/α,β-unsaturated/α-hetero) is 1. The molecule has 182 valence electrons. The van der Waals surface area contributed by atoms with E-state index >= 15 is 0 Å². The lowest BCUT2D eigenvalue weighted by Gasteiger charge is -2.57. The molecule has 6 rings (SSSR count). The number of rotatable bonds is 4. The highest BCUT2D eigenvalue weighted by Gasteiger charge is 2.70. The van der Waals surface area contributed by atoms with E-state index in [1.54, 1.807) is 12.3 Å². The Kier molecular flexibility index (Phi) is 4.92. The number of hydrogen-bond donors (Lipinski definition) is 1. The van der Waals surface area contributed by atoms with Crippen molar-refractivity contribution in [3.05, 3.63) is 29.1 Å². The summed E-state index contributed by atoms with van der Waals surface area (Å²) in [5, 5.41) is 23.8. The zero-order valence-corrected chi connectivity index (χ0v) is 19.9. The topological polar surface area (TPSA) is 78.9 Å². The van der Waals surface area contributed by atoms with Crippen molar-refractivity contribution >= 4 is 5.78 Å². The van der Waals surface area contributed by atoms with Crippen molar-refractivity contribution in [2.24, 2.45) is 46.8 Å². The predicted molar refractivity (Wildman–Crippen MR) is 120 cm³/mol. The summed E-state index contributed by atoms with van der Waals surface area (Å²) >= 11 is 0. The Bertz CT molecular complexity index is 1100. The van der Waals surface area contributed by atoms with Gasteiger partial charge in [-0.3, -0.25) is 9.48 Å². The van der Waals surface area contributed by atoms with Gasteiger partial charge in [-0.2, -0.15) is 10.4 Å². The lowest BCUT2D eigenvalue weighted by molar-refractivity contribution is -0.133. The molecule has 4 saturated carbocycles. The number of ketones is 1. The van der Waals surface area contributed by atoms with E-state index in [1.807, 2.05) is 13.0 Å². The fraction of sp³-hybridized carbons (Fsp3) is 0.741. The zero-order chi connectivity index (χ0) is 24.0. The molecule has 4 fully saturated rings. The van der Waals surface area contributed by atoms with E-state index in [0.29, 0.717) is 23.7 Å². The van der Waals surface area contributed by atoms with Gasteiger partial charge >= 0.3 is 0 Å². The van der Waals surface area contributed by atoms with Crippen LogP contribution in [0.3, 0.4) is 0 Å². The lowest BCUT2D eigenvalue weighted by Crippen LogP contribution is -2.52. The Labute approximate surface area is 199 Å². The number of carbonyl (C=O) groups is 1. The van der Waals surface area contributed by atoms with Crippen LogP contribution in [0.2, 0.25) is 0 Å². The number of hydrogen-bond acceptors (Lipinski definition) is 4. The maximum Gasteiger partial charge on any atom is 0.260 e. The number of carbonyl (C=O) groups excluding carboxylic acids is 1. The van der Waals surface area contributed by atoms with E-state index in [0.717, 1.165) is 50.5 Å². The highest BCUT2D eigenvalue weighted by molar-refractivity contribution is 5.88. The second kappa shape index (κ2) is 7.46. The summed E-state index contributed by atoms with van der Waals surface area (Å²) in [4.78, 5) is 13.6. The summed E-state index contributed by atoms with van der Waals surface area (Å²) in [5.74, 6) is 1.41. The van der Waals surface area contributed by atoms with E-state index < -0.39 is 17.9 Å². The first-order chi connectivity index (χ1) is 16.1. The molecule has 5 aliphatic rings. The minimum absolute atomic E-state index is 0.0231. The molecule has 5 aliphatic carbocycles. The maximum atomic E-state index is 14.1. The van der Waals surface area contributed by atoms with Crippen LogP contribution in [0.15, 0.2) is 23.4 Å². The number of allylic oxidation sites excluding steroid dienone is 2. The highest BCUT2D eigenvalue weighted by atomic mass is 19.3. The van der Waals surface area contributed by atoms with Crippen LogP contribution in [0.4, 0.5) is 8.78 Å². The monoisotopic (exact) mass is 469 g/mol. The smallest absolute Gasteiger partial charge is 0.260 e. The minimum atomic E-state index is -2.49. The van der Waals surface area contributed by atoms with E-state index in [4.69, 9.17) is 5.26 Å². The summed E-state index contributed by atoms with van der Waals surface area (Å²) < 4.78 is 29.6. The molecule has 34 heavy (non-hydrogen) atoms. The van der Waals surface area contributed by atoms with Gasteiger partial charge in [-0.05, 0) is 98.5 Å². The lowest BCUT2D eigenvalue weighted by atomic mass is 9.47. The molecule has 0 unspecified atom stereocenters. The first kappa shape index (κ1) is 22.4. The Morgan fingerprint density at radius 2 is 2.00 bits per heavy atom. The number of nitriles is 1. The molecule has 0 spiro atoms. The minimum Gasteiger partial charge on any atom is -0.390 e. The van der Waals surface area contributed by atoms with Gasteiger partial charge in [0.25, 0.3) is 6.43 Å². The largest absolute Gasteiger partial charge is 0.390 e. The fourth-order valence-corrected chi connectivity index (χ4v) is 9.25. The van der Waals surface area contributed by atoms with Gasteiger partial charge in [-0.25, -0.2) is 8.78 Å². The van der Waals surface area contributed by atoms with Crippen molar-refractivity contribution in [3.8, 4) is 6.07 Å². The fourth-order valence-electron chi connectivity index (χ4n) is 9.25. The first-order valence-corrected chi connectivity index (χ1v) is 12.9. The molecule has 0 amide bonds. The standard InChI is InChI=1S/C27H33F2N3O2/c1-26(34)8-5-16-14(11-26)3-4-18-17(16)6-9-27(2)23(18)20-21(22(20)25(28)29)24(27)19(33)13-32-10-7-15(12-30)31-32/h7,10,14,16-18,20,23-25,34H,3-6,8-9,11,13H2,1-2H3/t14-,16+,17-,18-,20+,23-,24+,26-,27+/m1/s1. The number of fused-ring (bicyclic) bond motifs is 7. The summed E-state index contributed by atoms with van der Waals surface area (Å²) in [6.45, 7) is 4.16. The van der Waals surface area contributed by atoms with E-state index in [2.05, 4.69) is 12.0 Å². The van der Waals surface area contributed by atoms with Gasteiger partial charge in [0.1, 0.15) is 12.6 Å². The molecule has 1 heterocycles. The second-order valence-electron chi connectivity index (χ2n) is 12.2. The molecule has 1 aromatic heterocycles. The van der Waals surface area contributed by atoms with E-state index in [1.165, 1.54) is 4.68 Å². The van der Waals surface area contributed by atoms with Crippen LogP contribution in [0.5, 0.6) is 0 Å². The van der Waals surface area contributed by atoms with Crippen LogP contribution in [0.1, 0.15) is 64.5 Å². The molecule has 0 radical (unpaired) electrons. The molecule has 0 aromatic carbocycles. The van der Waals surface area contributed by atoms with E-state index in [9.17, 15) is 18.7 Å². The third-order valence-corrected chi connectivity index (χ3v) is 10.4. The number of nitrogens with zero attached hydrogens (tertiary/aromatic N) is 3. The molecular weight excluding hydrogens is 436 g/mol. The van der Waals surface area contributed by atoms with Crippen molar-refractivity contribution in [2.45, 2.75) is 77.4 Å². The quantitative estimate of drug-likeness (QED) is 0.645. The summed E-state index contributed by atoms with van der Waals surface area (Å²) in [6, 6.07) is 3.54. The van der Waals surface area contributed by atoms with Gasteiger partial charge in [-0.15, -0.1) is 0 Å². The van der Waals surface area contributed by atoms with Gasteiger partial charge in [0.05, 0.1) is 5.60 Å². The molecule has 1 N–H and O–H groups in total. The van der Waals surface area contributed by atoms with E-state index in [-0.39, 0.29) is 40.8 Å². The van der Waals surface area contributed by atoms with Gasteiger partial charge < -0.3 is 5.11 Å². The highest BCUT2D eigenvalue weighted by Crippen LogP contribution is 2.75. The van der Waals surface area contributed by atoms with Crippen LogP contribution in [-0.2, 0) is 11.3 Å². The Balaban J connectivity index is 1.29. The van der Waals surface area contributed by atoms with Crippen LogP contribution in [0.25, 0.3) is 0 Å². The van der Waals surface area contributed by atoms with Crippen molar-refractivity contribution in [1.29, 1.82) is 5.26 Å². The van der Waals surface area contributed by atoms with Gasteiger partial charge in [0, 0.05) is 23.6 Å². The SMILES string of the molecule is C[C@@]1(O)CC[C@H]2[C@H](CC[C@@H]3[C@@H]2CC[C@]2(C)[C@@H](C(=O)Cn4ccc(C#N)n4)C4=C(C(F)F)[C@H]4[C@@H]32)C1. The van der Waals surface area contributed by atoms with Crippen molar-refractivity contribution in [2.75, 3.05) is 0 Å². The van der Waals surface area contributed by atoms with Crippen LogP contribution in [-0.4, -0.2) is 32.7 Å². The Morgan fingerprint density at radius 1 is 1.24 bits per heavy atom. The molecule has 0 aliphatic heterocycles. The third-order valence-electron chi connectivity index (χ3n) is 10.4. The van der Waals surface area contributed by atoms with Crippen LogP contribution in [0, 0.1) is 58.2 Å². The first-order valence-electron chi connectivity index (χ1n) is 12.9. The Morgan fingerprint density at radius 3 is 2.71 bits per heavy atom. The number of aromatic nitrogens is 2. The summed E-state index contributed by atoms with van der Waals surface area (Å²) in [5.41, 5.74) is 0.370. The molecule has 0 saturated heterocycles. The van der Waals surface area contributed by atoms with Crippen LogP contribution < -0.4 is 0 Å². The molecule has 1 aromatic rings. The molecule has 9 atom stereocenters. The maximum absolute atomic E-state index is 14.1. The Hall–Kier alpha value is -2.07. The summed E-state index contributed by atoms with van der Waals surface area (Å²) in [6.07, 6.45) is 5.86. The van der Waals surface area contributed by atoms with Crippen molar-refractivity contribution in [1.82, 2.24) is 9.78 Å². The van der Waals surface area contributed by atoms with Gasteiger partial charge in [0.15, 0.2) is 11.5 Å². The third kappa shape index (κ3) is 3.17. The second-order valence-corrected chi connectivity index (χ2v) is 12.2. The summed E-state index contributed by atoms with van der Waals surface area (Å²) in [7, 11) is 0. The predicted octanol–water partition coefficient (Wildman–Crippen LogP) is 4.75. The molecular formula is C27H33F2N3O2. The number of aliphatic hydroxyl groups is 1.